The summed E-state index contributed by atoms with van der Waals surface area (Å²) in [5.41, 5.74) is 1.13. The van der Waals surface area contributed by atoms with Crippen molar-refractivity contribution in [2.24, 2.45) is 11.8 Å². The highest BCUT2D eigenvalue weighted by molar-refractivity contribution is 5.85. The van der Waals surface area contributed by atoms with E-state index in [4.69, 9.17) is 5.11 Å². The fourth-order valence-corrected chi connectivity index (χ4v) is 2.55. The largest absolute Gasteiger partial charge is 0.478 e. The number of nitro benzene ring substituents is 1. The molecule has 1 fully saturated rings. The van der Waals surface area contributed by atoms with Crippen molar-refractivity contribution in [1.82, 2.24) is 0 Å². The van der Waals surface area contributed by atoms with E-state index >= 15 is 0 Å². The smallest absolute Gasteiger partial charge is 0.328 e. The summed E-state index contributed by atoms with van der Waals surface area (Å²) >= 11 is 0. The van der Waals surface area contributed by atoms with Crippen LogP contribution in [0.15, 0.2) is 24.3 Å². The van der Waals surface area contributed by atoms with Crippen molar-refractivity contribution >= 4 is 23.4 Å². The molecule has 0 spiro atoms. The van der Waals surface area contributed by atoms with Crippen molar-refractivity contribution in [2.75, 3.05) is 18.0 Å². The van der Waals surface area contributed by atoms with Gasteiger partial charge in [-0.15, -0.1) is 0 Å². The average Bonchev–Trinajstić information content (AvgIpc) is 2.76. The number of aliphatic carboxylic acids is 1. The summed E-state index contributed by atoms with van der Waals surface area (Å²) in [6.45, 7) is 5.87. The molecule has 0 aromatic heterocycles. The van der Waals surface area contributed by atoms with Crippen LogP contribution in [0.4, 0.5) is 11.4 Å². The van der Waals surface area contributed by atoms with Gasteiger partial charge in [0, 0.05) is 25.2 Å². The molecular weight excluding hydrogens is 272 g/mol. The summed E-state index contributed by atoms with van der Waals surface area (Å²) in [6.07, 6.45) is 2.33. The van der Waals surface area contributed by atoms with Crippen molar-refractivity contribution in [2.45, 2.75) is 13.8 Å². The molecule has 1 aromatic carbocycles. The van der Waals surface area contributed by atoms with E-state index in [2.05, 4.69) is 13.8 Å². The van der Waals surface area contributed by atoms with Crippen LogP contribution in [-0.2, 0) is 4.79 Å². The Balaban J connectivity index is 2.34. The Kier molecular flexibility index (Phi) is 4.26. The minimum atomic E-state index is -1.08. The fourth-order valence-electron chi connectivity index (χ4n) is 2.55. The van der Waals surface area contributed by atoms with Crippen LogP contribution in [0.1, 0.15) is 19.4 Å². The van der Waals surface area contributed by atoms with Crippen LogP contribution in [0.5, 0.6) is 0 Å². The topological polar surface area (TPSA) is 83.7 Å². The summed E-state index contributed by atoms with van der Waals surface area (Å²) < 4.78 is 0. The zero-order valence-corrected chi connectivity index (χ0v) is 12.0. The van der Waals surface area contributed by atoms with E-state index in [1.54, 1.807) is 12.1 Å². The fraction of sp³-hybridized carbons (Fsp3) is 0.400. The lowest BCUT2D eigenvalue weighted by molar-refractivity contribution is -0.384. The van der Waals surface area contributed by atoms with E-state index in [0.717, 1.165) is 19.2 Å². The predicted molar refractivity (Wildman–Crippen MR) is 80.3 cm³/mol. The second-order valence-electron chi connectivity index (χ2n) is 5.54. The van der Waals surface area contributed by atoms with Crippen LogP contribution in [0, 0.1) is 22.0 Å². The molecule has 112 valence electrons. The Morgan fingerprint density at radius 2 is 2.00 bits per heavy atom. The first kappa shape index (κ1) is 15.0. The molecule has 21 heavy (non-hydrogen) atoms. The lowest BCUT2D eigenvalue weighted by Gasteiger charge is -2.18. The molecule has 1 saturated heterocycles. The number of carboxylic acids is 1. The van der Waals surface area contributed by atoms with Crippen LogP contribution in [0.3, 0.4) is 0 Å². The van der Waals surface area contributed by atoms with Gasteiger partial charge in [-0.2, -0.15) is 0 Å². The Morgan fingerprint density at radius 3 is 2.52 bits per heavy atom. The molecule has 0 aliphatic carbocycles. The number of carboxylic acid groups (broad SMARTS) is 1. The zero-order chi connectivity index (χ0) is 15.6. The molecule has 0 bridgehead atoms. The van der Waals surface area contributed by atoms with Gasteiger partial charge in [-0.3, -0.25) is 10.1 Å². The molecule has 0 saturated carbocycles. The third kappa shape index (κ3) is 3.39. The molecule has 0 amide bonds. The van der Waals surface area contributed by atoms with Gasteiger partial charge in [-0.05, 0) is 29.5 Å². The Labute approximate surface area is 122 Å². The maximum absolute atomic E-state index is 11.3. The van der Waals surface area contributed by atoms with E-state index in [-0.39, 0.29) is 5.69 Å². The van der Waals surface area contributed by atoms with Gasteiger partial charge in [-0.25, -0.2) is 4.79 Å². The lowest BCUT2D eigenvalue weighted by Crippen LogP contribution is -2.20. The minimum Gasteiger partial charge on any atom is -0.478 e. The first-order valence-corrected chi connectivity index (χ1v) is 6.83. The number of nitro groups is 1. The van der Waals surface area contributed by atoms with Gasteiger partial charge < -0.3 is 10.0 Å². The molecule has 0 radical (unpaired) electrons. The maximum Gasteiger partial charge on any atom is 0.328 e. The minimum absolute atomic E-state index is 0.0174. The number of anilines is 1. The highest BCUT2D eigenvalue weighted by atomic mass is 16.6. The summed E-state index contributed by atoms with van der Waals surface area (Å²) in [6, 6.07) is 4.82. The number of hydrogen-bond donors (Lipinski definition) is 1. The van der Waals surface area contributed by atoms with Crippen LogP contribution in [0.25, 0.3) is 6.08 Å². The highest BCUT2D eigenvalue weighted by Crippen LogP contribution is 2.35. The number of rotatable bonds is 4. The van der Waals surface area contributed by atoms with Gasteiger partial charge >= 0.3 is 5.97 Å². The van der Waals surface area contributed by atoms with Crippen molar-refractivity contribution in [1.29, 1.82) is 0 Å². The average molecular weight is 290 g/mol. The zero-order valence-electron chi connectivity index (χ0n) is 12.0. The second-order valence-corrected chi connectivity index (χ2v) is 5.54. The first-order chi connectivity index (χ1) is 9.88. The van der Waals surface area contributed by atoms with Crippen molar-refractivity contribution in [3.05, 3.63) is 40.0 Å². The molecule has 2 rings (SSSR count). The molecule has 2 unspecified atom stereocenters. The van der Waals surface area contributed by atoms with E-state index in [1.165, 1.54) is 12.1 Å². The van der Waals surface area contributed by atoms with Gasteiger partial charge in [-0.1, -0.05) is 19.9 Å². The Bertz CT molecular complexity index is 587. The predicted octanol–water partition coefficient (Wildman–Crippen LogP) is 2.78. The van der Waals surface area contributed by atoms with E-state index in [9.17, 15) is 14.9 Å². The van der Waals surface area contributed by atoms with Gasteiger partial charge in [0.1, 0.15) is 5.69 Å². The summed E-state index contributed by atoms with van der Waals surface area (Å²) in [4.78, 5) is 23.4. The quantitative estimate of drug-likeness (QED) is 0.523. The normalized spacial score (nSPS) is 21.9. The molecule has 1 aliphatic heterocycles. The van der Waals surface area contributed by atoms with Crippen molar-refractivity contribution in [3.8, 4) is 0 Å². The van der Waals surface area contributed by atoms with Crippen molar-refractivity contribution in [3.63, 3.8) is 0 Å². The monoisotopic (exact) mass is 290 g/mol. The molecular formula is C15H18N2O4. The molecule has 6 nitrogen and oxygen atoms in total. The maximum atomic E-state index is 11.3. The third-order valence-electron chi connectivity index (χ3n) is 3.94. The highest BCUT2D eigenvalue weighted by Gasteiger charge is 2.30. The summed E-state index contributed by atoms with van der Waals surface area (Å²) in [7, 11) is 0. The van der Waals surface area contributed by atoms with Crippen LogP contribution in [-0.4, -0.2) is 29.1 Å². The number of nitrogens with zero attached hydrogens (tertiary/aromatic N) is 2. The van der Waals surface area contributed by atoms with Crippen LogP contribution in [0.2, 0.25) is 0 Å². The van der Waals surface area contributed by atoms with Crippen molar-refractivity contribution < 1.29 is 14.8 Å². The molecule has 1 heterocycles. The molecule has 1 N–H and O–H groups in total. The lowest BCUT2D eigenvalue weighted by atomic mass is 10.0. The van der Waals surface area contributed by atoms with Gasteiger partial charge in [0.05, 0.1) is 4.92 Å². The first-order valence-electron chi connectivity index (χ1n) is 6.83. The Morgan fingerprint density at radius 1 is 1.38 bits per heavy atom. The van der Waals surface area contributed by atoms with Crippen LogP contribution >= 0.6 is 0 Å². The summed E-state index contributed by atoms with van der Waals surface area (Å²) in [5.74, 6) is -0.0868. The molecule has 2 atom stereocenters. The number of hydrogen-bond acceptors (Lipinski definition) is 4. The number of carbonyl (C=O) groups is 1. The standard InChI is InChI=1S/C15H18N2O4/c1-10-8-16(9-11(10)2)13-5-3-12(4-6-15(18)19)7-14(13)17(20)21/h3-7,10-11H,8-9H2,1-2H3,(H,18,19). The molecule has 1 aromatic rings. The van der Waals surface area contributed by atoms with Gasteiger partial charge in [0.2, 0.25) is 0 Å². The van der Waals surface area contributed by atoms with E-state index in [1.807, 2.05) is 4.90 Å². The SMILES string of the molecule is CC1CN(c2ccc(C=CC(=O)O)cc2[N+](=O)[O-])CC1C. The van der Waals surface area contributed by atoms with Crippen LogP contribution < -0.4 is 4.90 Å². The Hall–Kier alpha value is -2.37. The summed E-state index contributed by atoms with van der Waals surface area (Å²) in [5, 5.41) is 19.9. The van der Waals surface area contributed by atoms with Gasteiger partial charge in [0.25, 0.3) is 5.69 Å². The second kappa shape index (κ2) is 5.95. The van der Waals surface area contributed by atoms with E-state index < -0.39 is 10.9 Å². The number of benzene rings is 1. The van der Waals surface area contributed by atoms with E-state index in [0.29, 0.717) is 23.1 Å². The molecule has 1 aliphatic rings. The molecule has 6 heteroatoms. The third-order valence-corrected chi connectivity index (χ3v) is 3.94. The van der Waals surface area contributed by atoms with Gasteiger partial charge in [0.15, 0.2) is 0 Å².